The Morgan fingerprint density at radius 1 is 1.21 bits per heavy atom. The average molecular weight is 389 g/mol. The van der Waals surface area contributed by atoms with Crippen molar-refractivity contribution in [3.63, 3.8) is 0 Å². The van der Waals surface area contributed by atoms with Gasteiger partial charge in [-0.15, -0.1) is 0 Å². The van der Waals surface area contributed by atoms with Crippen LogP contribution >= 0.6 is 0 Å². The number of carboxylic acid groups (broad SMARTS) is 1. The van der Waals surface area contributed by atoms with Gasteiger partial charge in [-0.1, -0.05) is 30.3 Å². The van der Waals surface area contributed by atoms with E-state index in [4.69, 9.17) is 4.74 Å². The Labute approximate surface area is 164 Å². The normalized spacial score (nSPS) is 23.1. The molecule has 2 aliphatic rings. The van der Waals surface area contributed by atoms with Crippen molar-refractivity contribution in [2.45, 2.75) is 38.5 Å². The smallest absolute Gasteiger partial charge is 0.407 e. The third-order valence-corrected chi connectivity index (χ3v) is 5.38. The topological polar surface area (TPSA) is 90.4 Å². The summed E-state index contributed by atoms with van der Waals surface area (Å²) in [6, 6.07) is 9.01. The van der Waals surface area contributed by atoms with Gasteiger partial charge in [0.25, 0.3) is 0 Å². The van der Waals surface area contributed by atoms with E-state index < -0.39 is 6.09 Å². The van der Waals surface area contributed by atoms with E-state index in [1.54, 1.807) is 4.90 Å². The fraction of sp³-hybridized carbons (Fsp3) is 0.550. The molecule has 2 amide bonds. The number of amides is 2. The van der Waals surface area contributed by atoms with Gasteiger partial charge in [0, 0.05) is 44.7 Å². The van der Waals surface area contributed by atoms with Gasteiger partial charge >= 0.3 is 12.1 Å². The third kappa shape index (κ3) is 5.01. The fourth-order valence-corrected chi connectivity index (χ4v) is 3.84. The van der Waals surface area contributed by atoms with Crippen LogP contribution in [0.3, 0.4) is 0 Å². The predicted molar refractivity (Wildman–Crippen MR) is 102 cm³/mol. The lowest BCUT2D eigenvalue weighted by Gasteiger charge is -2.44. The zero-order valence-corrected chi connectivity index (χ0v) is 16.1. The van der Waals surface area contributed by atoms with Crippen LogP contribution in [-0.2, 0) is 20.9 Å². The lowest BCUT2D eigenvalue weighted by molar-refractivity contribution is -0.148. The number of nitrogens with zero attached hydrogens (tertiary/aromatic N) is 3. The third-order valence-electron chi connectivity index (χ3n) is 5.38. The number of carbonyl (C=O) groups is 3. The number of benzene rings is 1. The van der Waals surface area contributed by atoms with Crippen molar-refractivity contribution >= 4 is 18.0 Å². The summed E-state index contributed by atoms with van der Waals surface area (Å²) in [6.07, 6.45) is 0.380. The molecule has 28 heavy (non-hydrogen) atoms. The number of carbonyl (C=O) groups excluding carboxylic acids is 2. The summed E-state index contributed by atoms with van der Waals surface area (Å²) in [5, 5.41) is 9.45. The van der Waals surface area contributed by atoms with Gasteiger partial charge < -0.3 is 19.6 Å². The van der Waals surface area contributed by atoms with E-state index in [9.17, 15) is 19.5 Å². The van der Waals surface area contributed by atoms with Gasteiger partial charge in [0.05, 0.1) is 6.54 Å². The maximum atomic E-state index is 12.4. The Hall–Kier alpha value is -2.61. The summed E-state index contributed by atoms with van der Waals surface area (Å²) >= 11 is 0. The molecular weight excluding hydrogens is 362 g/mol. The van der Waals surface area contributed by atoms with Crippen molar-refractivity contribution in [1.29, 1.82) is 0 Å². The van der Waals surface area contributed by atoms with Gasteiger partial charge in [0.15, 0.2) is 0 Å². The first kappa shape index (κ1) is 20.1. The molecule has 3 rings (SSSR count). The minimum absolute atomic E-state index is 0.0807. The summed E-state index contributed by atoms with van der Waals surface area (Å²) < 4.78 is 5.39. The summed E-state index contributed by atoms with van der Waals surface area (Å²) in [7, 11) is 0. The summed E-state index contributed by atoms with van der Waals surface area (Å²) in [5.41, 5.74) is 0.916. The Balaban J connectivity index is 1.62. The van der Waals surface area contributed by atoms with Crippen LogP contribution < -0.4 is 0 Å². The highest BCUT2D eigenvalue weighted by Crippen LogP contribution is 2.19. The van der Waals surface area contributed by atoms with Crippen LogP contribution in [0.15, 0.2) is 30.3 Å². The number of hydrogen-bond donors (Lipinski definition) is 1. The minimum Gasteiger partial charge on any atom is -0.465 e. The summed E-state index contributed by atoms with van der Waals surface area (Å²) in [4.78, 5) is 41.0. The van der Waals surface area contributed by atoms with Crippen molar-refractivity contribution in [3.8, 4) is 0 Å². The number of piperazine rings is 1. The second-order valence-electron chi connectivity index (χ2n) is 7.46. The summed E-state index contributed by atoms with van der Waals surface area (Å²) in [5.74, 6) is -0.260. The van der Waals surface area contributed by atoms with E-state index in [0.29, 0.717) is 26.1 Å². The largest absolute Gasteiger partial charge is 0.465 e. The van der Waals surface area contributed by atoms with Gasteiger partial charge in [0.1, 0.15) is 6.61 Å². The van der Waals surface area contributed by atoms with Crippen molar-refractivity contribution in [3.05, 3.63) is 35.9 Å². The highest BCUT2D eigenvalue weighted by molar-refractivity contribution is 5.78. The van der Waals surface area contributed by atoms with Crippen LogP contribution in [0.1, 0.15) is 25.3 Å². The van der Waals surface area contributed by atoms with Gasteiger partial charge in [0.2, 0.25) is 5.91 Å². The van der Waals surface area contributed by atoms with Gasteiger partial charge in [-0.2, -0.15) is 0 Å². The molecule has 1 N–H and O–H groups in total. The Morgan fingerprint density at radius 2 is 1.96 bits per heavy atom. The van der Waals surface area contributed by atoms with E-state index in [1.165, 1.54) is 4.90 Å². The van der Waals surface area contributed by atoms with Gasteiger partial charge in [-0.25, -0.2) is 4.79 Å². The first-order chi connectivity index (χ1) is 13.4. The van der Waals surface area contributed by atoms with Crippen LogP contribution in [0.25, 0.3) is 0 Å². The number of ether oxygens (including phenoxy) is 1. The van der Waals surface area contributed by atoms with Crippen LogP contribution in [0.2, 0.25) is 0 Å². The number of hydrogen-bond acceptors (Lipinski definition) is 5. The quantitative estimate of drug-likeness (QED) is 0.740. The first-order valence-electron chi connectivity index (χ1n) is 9.65. The molecule has 0 radical (unpaired) electrons. The minimum atomic E-state index is -0.975. The standard InChI is InChI=1S/C20H27N3O5/c1-15-10-22(13-19(25)28-14-16-6-3-2-4-7-16)17(12-23(15)20(26)27)11-21-9-5-8-18(21)24/h2-4,6-7,15,17H,5,8-14H2,1H3,(H,26,27)/t15-,17+/m1/s1. The molecule has 1 aromatic carbocycles. The van der Waals surface area contributed by atoms with Crippen molar-refractivity contribution in [1.82, 2.24) is 14.7 Å². The molecule has 2 fully saturated rings. The highest BCUT2D eigenvalue weighted by atomic mass is 16.5. The fourth-order valence-electron chi connectivity index (χ4n) is 3.84. The molecule has 0 unspecified atom stereocenters. The molecule has 152 valence electrons. The molecule has 2 atom stereocenters. The lowest BCUT2D eigenvalue weighted by Crippen LogP contribution is -2.62. The van der Waals surface area contributed by atoms with E-state index >= 15 is 0 Å². The zero-order valence-electron chi connectivity index (χ0n) is 16.1. The van der Waals surface area contributed by atoms with E-state index in [0.717, 1.165) is 12.0 Å². The molecule has 0 saturated carbocycles. The Kier molecular flexibility index (Phi) is 6.51. The molecule has 0 aliphatic carbocycles. The van der Waals surface area contributed by atoms with Gasteiger partial charge in [-0.05, 0) is 18.9 Å². The number of esters is 1. The lowest BCUT2D eigenvalue weighted by atomic mass is 10.1. The van der Waals surface area contributed by atoms with Crippen LogP contribution in [-0.4, -0.2) is 82.6 Å². The highest BCUT2D eigenvalue weighted by Gasteiger charge is 2.37. The molecule has 2 saturated heterocycles. The van der Waals surface area contributed by atoms with Crippen LogP contribution in [0.4, 0.5) is 4.79 Å². The van der Waals surface area contributed by atoms with Crippen molar-refractivity contribution < 1.29 is 24.2 Å². The molecule has 8 heteroatoms. The Bertz CT molecular complexity index is 709. The Morgan fingerprint density at radius 3 is 2.61 bits per heavy atom. The second-order valence-corrected chi connectivity index (χ2v) is 7.46. The second kappa shape index (κ2) is 9.05. The van der Waals surface area contributed by atoms with E-state index in [2.05, 4.69) is 0 Å². The monoisotopic (exact) mass is 389 g/mol. The predicted octanol–water partition coefficient (Wildman–Crippen LogP) is 1.40. The molecule has 0 aromatic heterocycles. The first-order valence-corrected chi connectivity index (χ1v) is 9.65. The van der Waals surface area contributed by atoms with Crippen LogP contribution in [0, 0.1) is 0 Å². The maximum Gasteiger partial charge on any atom is 0.407 e. The summed E-state index contributed by atoms with van der Waals surface area (Å²) in [6.45, 7) is 3.93. The number of rotatable bonds is 6. The van der Waals surface area contributed by atoms with Crippen LogP contribution in [0.5, 0.6) is 0 Å². The number of likely N-dealkylation sites (tertiary alicyclic amines) is 1. The maximum absolute atomic E-state index is 12.4. The molecule has 1 aromatic rings. The van der Waals surface area contributed by atoms with Gasteiger partial charge in [-0.3, -0.25) is 14.5 Å². The molecule has 2 aliphatic heterocycles. The van der Waals surface area contributed by atoms with E-state index in [-0.39, 0.29) is 43.7 Å². The van der Waals surface area contributed by atoms with Crippen molar-refractivity contribution in [2.24, 2.45) is 0 Å². The average Bonchev–Trinajstić information content (AvgIpc) is 3.07. The molecule has 0 bridgehead atoms. The molecular formula is C20H27N3O5. The SMILES string of the molecule is C[C@@H]1CN(CC(=O)OCc2ccccc2)[C@@H](CN2CCCC2=O)CN1C(=O)O. The van der Waals surface area contributed by atoms with Crippen molar-refractivity contribution in [2.75, 3.05) is 32.7 Å². The molecule has 2 heterocycles. The zero-order chi connectivity index (χ0) is 20.1. The molecule has 8 nitrogen and oxygen atoms in total. The molecule has 0 spiro atoms. The van der Waals surface area contributed by atoms with E-state index in [1.807, 2.05) is 42.2 Å².